The average molecular weight is 477 g/mol. The molecule has 13 heteroatoms. The molecule has 1 aromatic carbocycles. The topological polar surface area (TPSA) is 224 Å². The van der Waals surface area contributed by atoms with Crippen LogP contribution in [0.3, 0.4) is 0 Å². The van der Waals surface area contributed by atoms with E-state index in [4.69, 9.17) is 15.9 Å². The number of hydrogen-bond donors (Lipinski definition) is 8. The van der Waals surface area contributed by atoms with Gasteiger partial charge in [0.25, 0.3) is 0 Å². The van der Waals surface area contributed by atoms with Crippen LogP contribution in [-0.2, 0) is 30.4 Å². The van der Waals surface area contributed by atoms with Gasteiger partial charge >= 0.3 is 11.9 Å². The number of fused-ring (bicyclic) bond motifs is 1. The van der Waals surface area contributed by atoms with Gasteiger partial charge in [-0.2, -0.15) is 0 Å². The van der Waals surface area contributed by atoms with Crippen LogP contribution in [0.25, 0.3) is 10.9 Å². The molecule has 34 heavy (non-hydrogen) atoms. The summed E-state index contributed by atoms with van der Waals surface area (Å²) in [6.45, 7) is 0.457. The fraction of sp³-hybridized carbons (Fsp3) is 0.381. The minimum absolute atomic E-state index is 0.121. The number of para-hydroxylation sites is 1. The third kappa shape index (κ3) is 7.28. The van der Waals surface area contributed by atoms with E-state index in [0.29, 0.717) is 0 Å². The number of amides is 3. The molecule has 1 aromatic heterocycles. The first kappa shape index (κ1) is 26.3. The molecule has 0 spiro atoms. The number of aliphatic hydroxyl groups excluding tert-OH is 1. The molecular weight excluding hydrogens is 450 g/mol. The largest absolute Gasteiger partial charge is 0.481 e. The van der Waals surface area contributed by atoms with Crippen molar-refractivity contribution >= 4 is 40.6 Å². The van der Waals surface area contributed by atoms with Crippen molar-refractivity contribution in [3.8, 4) is 0 Å². The maximum Gasteiger partial charge on any atom is 0.328 e. The van der Waals surface area contributed by atoms with Crippen molar-refractivity contribution in [2.75, 3.05) is 6.54 Å². The zero-order valence-electron chi connectivity index (χ0n) is 18.3. The summed E-state index contributed by atoms with van der Waals surface area (Å²) in [5.41, 5.74) is 7.58. The molecule has 0 aliphatic rings. The zero-order chi connectivity index (χ0) is 25.4. The number of rotatable bonds is 12. The molecule has 0 aliphatic carbocycles. The summed E-state index contributed by atoms with van der Waals surface area (Å²) in [6, 6.07) is 3.16. The summed E-state index contributed by atoms with van der Waals surface area (Å²) in [5, 5.41) is 34.7. The first-order chi connectivity index (χ1) is 16.0. The van der Waals surface area contributed by atoms with Gasteiger partial charge in [-0.15, -0.1) is 0 Å². The molecule has 13 nitrogen and oxygen atoms in total. The third-order valence-electron chi connectivity index (χ3n) is 4.95. The maximum absolute atomic E-state index is 12.5. The molecule has 2 aromatic rings. The maximum atomic E-state index is 12.5. The van der Waals surface area contributed by atoms with Crippen LogP contribution in [-0.4, -0.2) is 80.7 Å². The predicted molar refractivity (Wildman–Crippen MR) is 118 cm³/mol. The number of carboxylic acids is 2. The number of carbonyl (C=O) groups is 5. The standard InChI is InChI=1S/C21H27N5O8/c1-10(27)18(21(33)34)26-16(28)9-24-20(32)15(7-17(29)30)25-19(31)13(22)6-11-8-23-14-5-3-2-4-12(11)14/h2-5,8,10,13,15,18,23,27H,6-7,9,22H2,1H3,(H,24,32)(H,25,31)(H,26,28)(H,29,30)(H,33,34). The molecule has 184 valence electrons. The quantitative estimate of drug-likeness (QED) is 0.170. The zero-order valence-corrected chi connectivity index (χ0v) is 18.3. The van der Waals surface area contributed by atoms with Gasteiger partial charge in [0.05, 0.1) is 25.1 Å². The van der Waals surface area contributed by atoms with E-state index in [1.165, 1.54) is 0 Å². The molecule has 0 aliphatic heterocycles. The lowest BCUT2D eigenvalue weighted by molar-refractivity contribution is -0.145. The minimum Gasteiger partial charge on any atom is -0.481 e. The van der Waals surface area contributed by atoms with E-state index in [1.54, 1.807) is 6.20 Å². The summed E-state index contributed by atoms with van der Waals surface area (Å²) < 4.78 is 0. The molecule has 4 atom stereocenters. The predicted octanol–water partition coefficient (Wildman–Crippen LogP) is -1.94. The van der Waals surface area contributed by atoms with Crippen molar-refractivity contribution in [1.82, 2.24) is 20.9 Å². The Kier molecular flexibility index (Phi) is 9.10. The van der Waals surface area contributed by atoms with Crippen molar-refractivity contribution < 1.29 is 39.3 Å². The van der Waals surface area contributed by atoms with Crippen LogP contribution in [0.4, 0.5) is 0 Å². The molecule has 4 unspecified atom stereocenters. The number of carboxylic acid groups (broad SMARTS) is 2. The Morgan fingerprint density at radius 3 is 2.35 bits per heavy atom. The first-order valence-corrected chi connectivity index (χ1v) is 10.3. The lowest BCUT2D eigenvalue weighted by Gasteiger charge is -2.20. The van der Waals surface area contributed by atoms with Gasteiger partial charge in [-0.25, -0.2) is 4.79 Å². The number of benzene rings is 1. The summed E-state index contributed by atoms with van der Waals surface area (Å²) in [7, 11) is 0. The van der Waals surface area contributed by atoms with Crippen LogP contribution < -0.4 is 21.7 Å². The van der Waals surface area contributed by atoms with Crippen molar-refractivity contribution in [1.29, 1.82) is 0 Å². The summed E-state index contributed by atoms with van der Waals surface area (Å²) in [5.74, 6) is -5.53. The molecule has 0 saturated heterocycles. The number of aliphatic hydroxyl groups is 1. The van der Waals surface area contributed by atoms with Gasteiger partial charge in [0, 0.05) is 17.1 Å². The number of aromatic amines is 1. The van der Waals surface area contributed by atoms with E-state index in [0.717, 1.165) is 23.4 Å². The van der Waals surface area contributed by atoms with Gasteiger partial charge in [0.1, 0.15) is 6.04 Å². The number of hydrogen-bond acceptors (Lipinski definition) is 7. The number of nitrogens with one attached hydrogen (secondary N) is 4. The molecular formula is C21H27N5O8. The lowest BCUT2D eigenvalue weighted by atomic mass is 10.0. The molecule has 9 N–H and O–H groups in total. The van der Waals surface area contributed by atoms with Crippen LogP contribution >= 0.6 is 0 Å². The van der Waals surface area contributed by atoms with E-state index in [9.17, 15) is 29.1 Å². The number of carbonyl (C=O) groups excluding carboxylic acids is 3. The second-order valence-electron chi connectivity index (χ2n) is 7.67. The average Bonchev–Trinajstić information content (AvgIpc) is 3.17. The monoisotopic (exact) mass is 477 g/mol. The molecule has 0 fully saturated rings. The highest BCUT2D eigenvalue weighted by molar-refractivity contribution is 5.94. The summed E-state index contributed by atoms with van der Waals surface area (Å²) >= 11 is 0. The van der Waals surface area contributed by atoms with E-state index in [2.05, 4.69) is 15.6 Å². The van der Waals surface area contributed by atoms with E-state index in [1.807, 2.05) is 29.6 Å². The Morgan fingerprint density at radius 1 is 1.06 bits per heavy atom. The van der Waals surface area contributed by atoms with E-state index < -0.39 is 66.9 Å². The van der Waals surface area contributed by atoms with Crippen LogP contribution in [0.2, 0.25) is 0 Å². The Labute approximate surface area is 193 Å². The fourth-order valence-electron chi connectivity index (χ4n) is 3.20. The highest BCUT2D eigenvalue weighted by Gasteiger charge is 2.28. The van der Waals surface area contributed by atoms with Crippen LogP contribution in [0.1, 0.15) is 18.9 Å². The normalized spacial score (nSPS) is 14.4. The summed E-state index contributed by atoms with van der Waals surface area (Å²) in [4.78, 5) is 62.1. The van der Waals surface area contributed by atoms with Crippen molar-refractivity contribution in [3.63, 3.8) is 0 Å². The van der Waals surface area contributed by atoms with E-state index in [-0.39, 0.29) is 6.42 Å². The fourth-order valence-corrected chi connectivity index (χ4v) is 3.20. The van der Waals surface area contributed by atoms with Gasteiger partial charge < -0.3 is 42.0 Å². The van der Waals surface area contributed by atoms with Gasteiger partial charge in [-0.05, 0) is 25.0 Å². The molecule has 2 rings (SSSR count). The van der Waals surface area contributed by atoms with Gasteiger partial charge in [-0.1, -0.05) is 18.2 Å². The van der Waals surface area contributed by atoms with Crippen molar-refractivity contribution in [2.24, 2.45) is 5.73 Å². The highest BCUT2D eigenvalue weighted by atomic mass is 16.4. The molecule has 0 saturated carbocycles. The second kappa shape index (κ2) is 11.8. The van der Waals surface area contributed by atoms with E-state index >= 15 is 0 Å². The molecule has 0 bridgehead atoms. The van der Waals surface area contributed by atoms with Crippen molar-refractivity contribution in [2.45, 2.75) is 44.0 Å². The molecule has 1 heterocycles. The Morgan fingerprint density at radius 2 is 1.74 bits per heavy atom. The van der Waals surface area contributed by atoms with Crippen molar-refractivity contribution in [3.05, 3.63) is 36.0 Å². The molecule has 0 radical (unpaired) electrons. The van der Waals surface area contributed by atoms with Crippen LogP contribution in [0.15, 0.2) is 30.5 Å². The first-order valence-electron chi connectivity index (χ1n) is 10.3. The Balaban J connectivity index is 1.97. The van der Waals surface area contributed by atoms with Gasteiger partial charge in [0.2, 0.25) is 17.7 Å². The second-order valence-corrected chi connectivity index (χ2v) is 7.67. The molecule has 3 amide bonds. The lowest BCUT2D eigenvalue weighted by Crippen LogP contribution is -2.55. The number of nitrogens with two attached hydrogens (primary N) is 1. The third-order valence-corrected chi connectivity index (χ3v) is 4.95. The van der Waals surface area contributed by atoms with Crippen LogP contribution in [0, 0.1) is 0 Å². The number of aromatic nitrogens is 1. The minimum atomic E-state index is -1.60. The SMILES string of the molecule is CC(O)C(NC(=O)CNC(=O)C(CC(=O)O)NC(=O)C(N)Cc1c[nH]c2ccccc12)C(=O)O. The number of H-pyrrole nitrogens is 1. The van der Waals surface area contributed by atoms with Gasteiger partial charge in [-0.3, -0.25) is 19.2 Å². The highest BCUT2D eigenvalue weighted by Crippen LogP contribution is 2.18. The van der Waals surface area contributed by atoms with Crippen LogP contribution in [0.5, 0.6) is 0 Å². The Bertz CT molecular complexity index is 1070. The smallest absolute Gasteiger partial charge is 0.328 e. The Hall–Kier alpha value is -3.97. The number of aliphatic carboxylic acids is 2. The summed E-state index contributed by atoms with van der Waals surface area (Å²) in [6.07, 6.45) is -0.343. The van der Waals surface area contributed by atoms with Gasteiger partial charge in [0.15, 0.2) is 6.04 Å².